The highest BCUT2D eigenvalue weighted by atomic mass is 32.1. The molecule has 2 aliphatic heterocycles. The average molecular weight is 352 g/mol. The van der Waals surface area contributed by atoms with Gasteiger partial charge in [-0.15, -0.1) is 11.3 Å². The molecule has 2 amide bonds. The number of ether oxygens (including phenoxy) is 1. The minimum atomic E-state index is -1.02. The Hall–Kier alpha value is -1.93. The Labute approximate surface area is 143 Å². The molecule has 3 rings (SSSR count). The van der Waals surface area contributed by atoms with Gasteiger partial charge in [-0.1, -0.05) is 13.3 Å². The smallest absolute Gasteiger partial charge is 0.310 e. The quantitative estimate of drug-likeness (QED) is 0.719. The van der Waals surface area contributed by atoms with Crippen LogP contribution in [0.3, 0.4) is 0 Å². The Morgan fingerprint density at radius 1 is 1.33 bits per heavy atom. The van der Waals surface area contributed by atoms with Crippen LogP contribution in [0.4, 0.5) is 5.00 Å². The van der Waals surface area contributed by atoms with Gasteiger partial charge in [0.15, 0.2) is 0 Å². The Balaban J connectivity index is 1.82. The van der Waals surface area contributed by atoms with Crippen LogP contribution >= 0.6 is 11.3 Å². The number of carbonyl (C=O) groups excluding carboxylic acids is 2. The summed E-state index contributed by atoms with van der Waals surface area (Å²) in [6.07, 6.45) is 2.27. The number of carbonyl (C=O) groups is 3. The van der Waals surface area contributed by atoms with Gasteiger partial charge in [0.05, 0.1) is 29.6 Å². The third-order valence-corrected chi connectivity index (χ3v) is 5.75. The number of nitrogens with one attached hydrogen (secondary N) is 1. The number of hydrogen-bond donors (Lipinski definition) is 3. The molecule has 0 radical (unpaired) electrons. The normalized spacial score (nSPS) is 28.0. The van der Waals surface area contributed by atoms with E-state index in [-0.39, 0.29) is 11.7 Å². The molecule has 8 heteroatoms. The second kappa shape index (κ2) is 6.52. The molecule has 1 aromatic heterocycles. The first-order valence-corrected chi connectivity index (χ1v) is 8.85. The molecule has 3 heterocycles. The summed E-state index contributed by atoms with van der Waals surface area (Å²) in [5.74, 6) is -3.62. The van der Waals surface area contributed by atoms with Gasteiger partial charge in [0, 0.05) is 4.88 Å². The third kappa shape index (κ3) is 2.91. The second-order valence-corrected chi connectivity index (χ2v) is 7.38. The van der Waals surface area contributed by atoms with E-state index in [2.05, 4.69) is 5.32 Å². The summed E-state index contributed by atoms with van der Waals surface area (Å²) in [5, 5.41) is 12.5. The Kier molecular flexibility index (Phi) is 4.60. The zero-order valence-electron chi connectivity index (χ0n) is 13.3. The molecule has 2 fully saturated rings. The molecule has 1 aromatic rings. The molecular weight excluding hydrogens is 332 g/mol. The first-order valence-electron chi connectivity index (χ1n) is 8.04. The third-order valence-electron chi connectivity index (χ3n) is 4.64. The van der Waals surface area contributed by atoms with Crippen molar-refractivity contribution in [1.29, 1.82) is 0 Å². The number of carboxylic acid groups (broad SMARTS) is 1. The summed E-state index contributed by atoms with van der Waals surface area (Å²) in [7, 11) is 0. The van der Waals surface area contributed by atoms with Crippen molar-refractivity contribution < 1.29 is 24.2 Å². The van der Waals surface area contributed by atoms with Crippen LogP contribution in [0.25, 0.3) is 0 Å². The van der Waals surface area contributed by atoms with E-state index in [0.29, 0.717) is 17.8 Å². The molecule has 24 heavy (non-hydrogen) atoms. The first-order chi connectivity index (χ1) is 11.4. The lowest BCUT2D eigenvalue weighted by Gasteiger charge is -2.23. The van der Waals surface area contributed by atoms with Gasteiger partial charge in [-0.05, 0) is 25.3 Å². The Morgan fingerprint density at radius 2 is 2.00 bits per heavy atom. The van der Waals surface area contributed by atoms with Crippen molar-refractivity contribution in [3.63, 3.8) is 0 Å². The predicted octanol–water partition coefficient (Wildman–Crippen LogP) is 1.62. The van der Waals surface area contributed by atoms with Gasteiger partial charge >= 0.3 is 5.97 Å². The predicted molar refractivity (Wildman–Crippen MR) is 88.0 cm³/mol. The molecule has 2 saturated heterocycles. The largest absolute Gasteiger partial charge is 0.481 e. The number of nitrogens with two attached hydrogens (primary N) is 1. The molecule has 0 saturated carbocycles. The van der Waals surface area contributed by atoms with Crippen LogP contribution in [-0.2, 0) is 20.7 Å². The number of aryl methyl sites for hydroxylation is 1. The van der Waals surface area contributed by atoms with Crippen molar-refractivity contribution >= 4 is 34.1 Å². The lowest BCUT2D eigenvalue weighted by molar-refractivity contribution is -0.147. The molecule has 0 aliphatic carbocycles. The lowest BCUT2D eigenvalue weighted by Crippen LogP contribution is -2.41. The van der Waals surface area contributed by atoms with Crippen LogP contribution in [0.5, 0.6) is 0 Å². The SMILES string of the molecule is CCCc1cc(C(N)=O)c(NC(=O)[C@@H]2[C@@H](C(=O)O)[C@@H]3CC[C@@H]2O3)s1. The maximum atomic E-state index is 12.7. The van der Waals surface area contributed by atoms with Crippen molar-refractivity contribution in [2.45, 2.75) is 44.8 Å². The highest BCUT2D eigenvalue weighted by Gasteiger charge is 2.55. The maximum Gasteiger partial charge on any atom is 0.310 e. The molecule has 0 spiro atoms. The molecule has 2 aliphatic rings. The second-order valence-electron chi connectivity index (χ2n) is 6.24. The monoisotopic (exact) mass is 352 g/mol. The summed E-state index contributed by atoms with van der Waals surface area (Å²) < 4.78 is 5.61. The summed E-state index contributed by atoms with van der Waals surface area (Å²) in [6.45, 7) is 2.02. The van der Waals surface area contributed by atoms with Crippen molar-refractivity contribution in [3.8, 4) is 0 Å². The zero-order valence-corrected chi connectivity index (χ0v) is 14.1. The van der Waals surface area contributed by atoms with Crippen molar-refractivity contribution in [2.24, 2.45) is 17.6 Å². The zero-order chi connectivity index (χ0) is 17.4. The van der Waals surface area contributed by atoms with Gasteiger partial charge in [-0.25, -0.2) is 0 Å². The number of hydrogen-bond acceptors (Lipinski definition) is 5. The van der Waals surface area contributed by atoms with Crippen LogP contribution < -0.4 is 11.1 Å². The maximum absolute atomic E-state index is 12.7. The number of rotatable bonds is 6. The van der Waals surface area contributed by atoms with Crippen LogP contribution in [0.2, 0.25) is 0 Å². The van der Waals surface area contributed by atoms with E-state index in [4.69, 9.17) is 10.5 Å². The van der Waals surface area contributed by atoms with Crippen LogP contribution in [0.1, 0.15) is 41.4 Å². The van der Waals surface area contributed by atoms with E-state index in [0.717, 1.165) is 17.7 Å². The summed E-state index contributed by atoms with van der Waals surface area (Å²) in [6, 6.07) is 1.69. The number of thiophene rings is 1. The molecule has 0 unspecified atom stereocenters. The van der Waals surface area contributed by atoms with Gasteiger partial charge in [0.25, 0.3) is 5.91 Å². The number of carboxylic acids is 1. The highest BCUT2D eigenvalue weighted by molar-refractivity contribution is 7.16. The van der Waals surface area contributed by atoms with Gasteiger partial charge in [-0.3, -0.25) is 14.4 Å². The number of fused-ring (bicyclic) bond motifs is 2. The van der Waals surface area contributed by atoms with E-state index in [1.165, 1.54) is 11.3 Å². The van der Waals surface area contributed by atoms with Crippen molar-refractivity contribution in [3.05, 3.63) is 16.5 Å². The average Bonchev–Trinajstić information content (AvgIpc) is 3.20. The minimum Gasteiger partial charge on any atom is -0.481 e. The first kappa shape index (κ1) is 16.9. The molecule has 130 valence electrons. The topological polar surface area (TPSA) is 119 Å². The summed E-state index contributed by atoms with van der Waals surface area (Å²) in [4.78, 5) is 36.7. The highest BCUT2D eigenvalue weighted by Crippen LogP contribution is 2.44. The van der Waals surface area contributed by atoms with E-state index in [9.17, 15) is 19.5 Å². The van der Waals surface area contributed by atoms with Crippen LogP contribution in [0.15, 0.2) is 6.07 Å². The molecule has 2 bridgehead atoms. The van der Waals surface area contributed by atoms with Gasteiger partial charge in [0.2, 0.25) is 5.91 Å². The molecule has 7 nitrogen and oxygen atoms in total. The van der Waals surface area contributed by atoms with Gasteiger partial charge in [0.1, 0.15) is 5.00 Å². The van der Waals surface area contributed by atoms with Crippen LogP contribution in [0, 0.1) is 11.8 Å². The van der Waals surface area contributed by atoms with Crippen molar-refractivity contribution in [1.82, 2.24) is 0 Å². The fourth-order valence-corrected chi connectivity index (χ4v) is 4.77. The number of primary amides is 1. The summed E-state index contributed by atoms with van der Waals surface area (Å²) in [5.41, 5.74) is 5.66. The number of amides is 2. The van der Waals surface area contributed by atoms with E-state index in [1.54, 1.807) is 6.07 Å². The number of anilines is 1. The van der Waals surface area contributed by atoms with Crippen LogP contribution in [-0.4, -0.2) is 35.1 Å². The standard InChI is InChI=1S/C16H20N2O5S/c1-2-3-7-6-8(13(17)19)15(24-7)18-14(20)11-9-4-5-10(23-9)12(11)16(21)22/h6,9-12H,2-5H2,1H3,(H2,17,19)(H,18,20)(H,21,22)/t9-,10-,11-,12-/m0/s1. The molecular formula is C16H20N2O5S. The van der Waals surface area contributed by atoms with Gasteiger partial charge < -0.3 is 20.9 Å². The fraction of sp³-hybridized carbons (Fsp3) is 0.562. The van der Waals surface area contributed by atoms with Gasteiger partial charge in [-0.2, -0.15) is 0 Å². The van der Waals surface area contributed by atoms with Crippen molar-refractivity contribution in [2.75, 3.05) is 5.32 Å². The minimum absolute atomic E-state index is 0.271. The summed E-state index contributed by atoms with van der Waals surface area (Å²) >= 11 is 1.31. The molecule has 4 N–H and O–H groups in total. The van der Waals surface area contributed by atoms with E-state index in [1.807, 2.05) is 6.92 Å². The number of aliphatic carboxylic acids is 1. The van der Waals surface area contributed by atoms with E-state index >= 15 is 0 Å². The lowest BCUT2D eigenvalue weighted by atomic mass is 9.79. The fourth-order valence-electron chi connectivity index (χ4n) is 3.61. The molecule has 4 atom stereocenters. The Morgan fingerprint density at radius 3 is 2.58 bits per heavy atom. The van der Waals surface area contributed by atoms with E-state index < -0.39 is 35.7 Å². The Bertz CT molecular complexity index is 686. The molecule has 0 aromatic carbocycles.